The molecule has 0 heterocycles. The predicted octanol–water partition coefficient (Wildman–Crippen LogP) is 0.415. The highest BCUT2D eigenvalue weighted by Gasteiger charge is 2.27. The quantitative estimate of drug-likeness (QED) is 0.674. The van der Waals surface area contributed by atoms with Crippen LogP contribution >= 0.6 is 0 Å². The molecule has 104 valence electrons. The van der Waals surface area contributed by atoms with Crippen molar-refractivity contribution < 1.29 is 13.2 Å². The van der Waals surface area contributed by atoms with Crippen molar-refractivity contribution in [2.45, 2.75) is 30.2 Å². The maximum Gasteiger partial charge on any atom is 0.240 e. The van der Waals surface area contributed by atoms with Crippen LogP contribution in [0.15, 0.2) is 29.2 Å². The Bertz CT molecular complexity index is 550. The number of hydrogen-bond acceptors (Lipinski definition) is 4. The van der Waals surface area contributed by atoms with Crippen LogP contribution < -0.4 is 15.8 Å². The van der Waals surface area contributed by atoms with Gasteiger partial charge in [0.2, 0.25) is 15.9 Å². The van der Waals surface area contributed by atoms with Crippen molar-refractivity contribution in [3.63, 3.8) is 0 Å². The third kappa shape index (κ3) is 4.22. The summed E-state index contributed by atoms with van der Waals surface area (Å²) < 4.78 is 26.4. The minimum Gasteiger partial charge on any atom is -0.385 e. The van der Waals surface area contributed by atoms with Crippen molar-refractivity contribution in [1.82, 2.24) is 4.72 Å². The molecule has 1 aromatic rings. The average Bonchev–Trinajstić information content (AvgIpc) is 3.12. The van der Waals surface area contributed by atoms with Gasteiger partial charge in [-0.2, -0.15) is 0 Å². The van der Waals surface area contributed by atoms with E-state index in [1.54, 1.807) is 12.1 Å². The van der Waals surface area contributed by atoms with Gasteiger partial charge in [-0.3, -0.25) is 4.79 Å². The lowest BCUT2D eigenvalue weighted by Crippen LogP contribution is -2.25. The molecule has 4 N–H and O–H groups in total. The molecule has 0 aromatic heterocycles. The second-order valence-electron chi connectivity index (χ2n) is 4.56. The van der Waals surface area contributed by atoms with Crippen LogP contribution in [-0.4, -0.2) is 26.9 Å². The van der Waals surface area contributed by atoms with Gasteiger partial charge in [0.1, 0.15) is 0 Å². The summed E-state index contributed by atoms with van der Waals surface area (Å²) in [6.45, 7) is 0.432. The Hall–Kier alpha value is -1.60. The lowest BCUT2D eigenvalue weighted by Gasteiger charge is -2.08. The number of anilines is 1. The maximum absolute atomic E-state index is 11.9. The first-order valence-electron chi connectivity index (χ1n) is 6.12. The van der Waals surface area contributed by atoms with Crippen LogP contribution in [-0.2, 0) is 14.8 Å². The van der Waals surface area contributed by atoms with E-state index in [0.717, 1.165) is 18.5 Å². The van der Waals surface area contributed by atoms with E-state index in [1.807, 2.05) is 0 Å². The van der Waals surface area contributed by atoms with E-state index in [0.29, 0.717) is 6.54 Å². The number of carbonyl (C=O) groups is 1. The standard InChI is InChI=1S/C12H17N3O3S/c13-12(16)7-8-14-9-3-5-11(6-4-9)19(17,18)15-10-1-2-10/h3-6,10,14-15H,1-2,7-8H2,(H2,13,16). The number of sulfonamides is 1. The predicted molar refractivity (Wildman–Crippen MR) is 72.1 cm³/mol. The number of amides is 1. The van der Waals surface area contributed by atoms with Gasteiger partial charge in [0.05, 0.1) is 4.90 Å². The fourth-order valence-electron chi connectivity index (χ4n) is 1.57. The summed E-state index contributed by atoms with van der Waals surface area (Å²) in [5.41, 5.74) is 5.78. The second kappa shape index (κ2) is 5.58. The Balaban J connectivity index is 1.95. The molecule has 1 amide bonds. The van der Waals surface area contributed by atoms with Gasteiger partial charge in [-0.05, 0) is 37.1 Å². The Kier molecular flexibility index (Phi) is 4.06. The van der Waals surface area contributed by atoms with Crippen LogP contribution in [0.3, 0.4) is 0 Å². The Morgan fingerprint density at radius 3 is 2.42 bits per heavy atom. The summed E-state index contributed by atoms with van der Waals surface area (Å²) in [5.74, 6) is -0.375. The lowest BCUT2D eigenvalue weighted by atomic mass is 10.3. The van der Waals surface area contributed by atoms with Crippen LogP contribution in [0.1, 0.15) is 19.3 Å². The van der Waals surface area contributed by atoms with Crippen molar-refractivity contribution >= 4 is 21.6 Å². The third-order valence-electron chi connectivity index (χ3n) is 2.76. The topological polar surface area (TPSA) is 101 Å². The molecule has 0 aliphatic heterocycles. The summed E-state index contributed by atoms with van der Waals surface area (Å²) in [5, 5.41) is 2.99. The molecule has 7 heteroatoms. The number of rotatable bonds is 7. The maximum atomic E-state index is 11.9. The minimum absolute atomic E-state index is 0.0957. The molecular weight excluding hydrogens is 266 g/mol. The fraction of sp³-hybridized carbons (Fsp3) is 0.417. The number of nitrogens with two attached hydrogens (primary N) is 1. The molecule has 1 aromatic carbocycles. The second-order valence-corrected chi connectivity index (χ2v) is 6.28. The van der Waals surface area contributed by atoms with E-state index in [-0.39, 0.29) is 23.3 Å². The van der Waals surface area contributed by atoms with Gasteiger partial charge in [-0.15, -0.1) is 0 Å². The van der Waals surface area contributed by atoms with E-state index in [4.69, 9.17) is 5.73 Å². The molecule has 0 radical (unpaired) electrons. The highest BCUT2D eigenvalue weighted by Crippen LogP contribution is 2.22. The first-order valence-corrected chi connectivity index (χ1v) is 7.60. The molecule has 0 atom stereocenters. The molecule has 0 bridgehead atoms. The molecule has 6 nitrogen and oxygen atoms in total. The zero-order chi connectivity index (χ0) is 13.9. The molecule has 0 unspecified atom stereocenters. The largest absolute Gasteiger partial charge is 0.385 e. The molecule has 0 saturated heterocycles. The summed E-state index contributed by atoms with van der Waals surface area (Å²) in [6, 6.07) is 6.51. The van der Waals surface area contributed by atoms with Crippen molar-refractivity contribution in [3.8, 4) is 0 Å². The molecule has 1 aliphatic carbocycles. The Labute approximate surface area is 112 Å². The van der Waals surface area contributed by atoms with Crippen LogP contribution in [0.25, 0.3) is 0 Å². The molecule has 1 fully saturated rings. The van der Waals surface area contributed by atoms with E-state index in [9.17, 15) is 13.2 Å². The molecule has 1 aliphatic rings. The molecule has 1 saturated carbocycles. The first kappa shape index (κ1) is 13.8. The average molecular weight is 283 g/mol. The van der Waals surface area contributed by atoms with Crippen LogP contribution in [0, 0.1) is 0 Å². The summed E-state index contributed by atoms with van der Waals surface area (Å²) in [6.07, 6.45) is 2.06. The van der Waals surface area contributed by atoms with Crippen molar-refractivity contribution in [2.75, 3.05) is 11.9 Å². The normalized spacial score (nSPS) is 15.2. The SMILES string of the molecule is NC(=O)CCNc1ccc(S(=O)(=O)NC2CC2)cc1. The number of benzene rings is 1. The summed E-state index contributed by atoms with van der Waals surface area (Å²) in [4.78, 5) is 10.8. The third-order valence-corrected chi connectivity index (χ3v) is 4.30. The van der Waals surface area contributed by atoms with E-state index in [2.05, 4.69) is 10.0 Å². The first-order chi connectivity index (χ1) is 8.97. The number of nitrogens with one attached hydrogen (secondary N) is 2. The lowest BCUT2D eigenvalue weighted by molar-refractivity contribution is -0.117. The highest BCUT2D eigenvalue weighted by molar-refractivity contribution is 7.89. The van der Waals surface area contributed by atoms with E-state index >= 15 is 0 Å². The van der Waals surface area contributed by atoms with Gasteiger partial charge in [-0.25, -0.2) is 13.1 Å². The zero-order valence-corrected chi connectivity index (χ0v) is 11.2. The van der Waals surface area contributed by atoms with Crippen LogP contribution in [0.5, 0.6) is 0 Å². The van der Waals surface area contributed by atoms with E-state index < -0.39 is 10.0 Å². The summed E-state index contributed by atoms with van der Waals surface area (Å²) in [7, 11) is -3.40. The van der Waals surface area contributed by atoms with Gasteiger partial charge in [0, 0.05) is 24.7 Å². The van der Waals surface area contributed by atoms with Crippen molar-refractivity contribution in [2.24, 2.45) is 5.73 Å². The van der Waals surface area contributed by atoms with Crippen LogP contribution in [0.2, 0.25) is 0 Å². The Morgan fingerprint density at radius 2 is 1.89 bits per heavy atom. The smallest absolute Gasteiger partial charge is 0.240 e. The van der Waals surface area contributed by atoms with Gasteiger partial charge in [-0.1, -0.05) is 0 Å². The Morgan fingerprint density at radius 1 is 1.26 bits per heavy atom. The highest BCUT2D eigenvalue weighted by atomic mass is 32.2. The molecular formula is C12H17N3O3S. The molecule has 19 heavy (non-hydrogen) atoms. The van der Waals surface area contributed by atoms with E-state index in [1.165, 1.54) is 12.1 Å². The number of carbonyl (C=O) groups excluding carboxylic acids is 1. The van der Waals surface area contributed by atoms with Crippen molar-refractivity contribution in [3.05, 3.63) is 24.3 Å². The van der Waals surface area contributed by atoms with Crippen molar-refractivity contribution in [1.29, 1.82) is 0 Å². The number of primary amides is 1. The molecule has 2 rings (SSSR count). The van der Waals surface area contributed by atoms with Gasteiger partial charge in [0.15, 0.2) is 0 Å². The van der Waals surface area contributed by atoms with Gasteiger partial charge >= 0.3 is 0 Å². The monoisotopic (exact) mass is 283 g/mol. The zero-order valence-electron chi connectivity index (χ0n) is 10.4. The summed E-state index contributed by atoms with van der Waals surface area (Å²) >= 11 is 0. The number of hydrogen-bond donors (Lipinski definition) is 3. The van der Waals surface area contributed by atoms with Crippen LogP contribution in [0.4, 0.5) is 5.69 Å². The minimum atomic E-state index is -3.40. The fourth-order valence-corrected chi connectivity index (χ4v) is 2.88. The van der Waals surface area contributed by atoms with Gasteiger partial charge < -0.3 is 11.1 Å². The molecule has 0 spiro atoms. The van der Waals surface area contributed by atoms with Gasteiger partial charge in [0.25, 0.3) is 0 Å².